The molecule has 0 unspecified atom stereocenters. The lowest BCUT2D eigenvalue weighted by molar-refractivity contribution is -0.113. The lowest BCUT2D eigenvalue weighted by atomic mass is 10.1. The van der Waals surface area contributed by atoms with Crippen LogP contribution in [-0.2, 0) is 14.6 Å². The first-order valence-corrected chi connectivity index (χ1v) is 8.97. The van der Waals surface area contributed by atoms with Crippen LogP contribution < -0.4 is 10.1 Å². The van der Waals surface area contributed by atoms with Crippen molar-refractivity contribution in [3.63, 3.8) is 0 Å². The summed E-state index contributed by atoms with van der Waals surface area (Å²) in [4.78, 5) is 12.0. The van der Waals surface area contributed by atoms with Crippen LogP contribution in [0.25, 0.3) is 0 Å². The molecule has 5 nitrogen and oxygen atoms in total. The molecule has 0 fully saturated rings. The van der Waals surface area contributed by atoms with Crippen LogP contribution in [0.3, 0.4) is 0 Å². The first-order valence-electron chi connectivity index (χ1n) is 7.32. The summed E-state index contributed by atoms with van der Waals surface area (Å²) < 4.78 is 53.0. The van der Waals surface area contributed by atoms with E-state index in [4.69, 9.17) is 0 Å². The number of halogens is 2. The molecule has 0 aliphatic rings. The van der Waals surface area contributed by atoms with Gasteiger partial charge in [0.1, 0.15) is 11.5 Å². The summed E-state index contributed by atoms with van der Waals surface area (Å²) in [6.45, 7) is 0.709. The number of alkyl halides is 2. The van der Waals surface area contributed by atoms with Crippen LogP contribution in [0.2, 0.25) is 0 Å². The van der Waals surface area contributed by atoms with Crippen molar-refractivity contribution in [1.82, 2.24) is 0 Å². The number of ether oxygens (including phenoxy) is 1. The maximum Gasteiger partial charge on any atom is 0.387 e. The summed E-state index contributed by atoms with van der Waals surface area (Å²) in [5, 5.41) is 2.41. The third kappa shape index (κ3) is 5.25. The van der Waals surface area contributed by atoms with Crippen molar-refractivity contribution in [3.8, 4) is 5.75 Å². The molecule has 0 radical (unpaired) electrons. The van der Waals surface area contributed by atoms with Gasteiger partial charge in [0.05, 0.1) is 4.90 Å². The summed E-state index contributed by atoms with van der Waals surface area (Å²) in [6, 6.07) is 9.85. The van der Waals surface area contributed by atoms with Crippen molar-refractivity contribution in [2.24, 2.45) is 0 Å². The maximum absolute atomic E-state index is 12.3. The molecule has 8 heteroatoms. The number of aryl methyl sites for hydroxylation is 2. The minimum atomic E-state index is -3.78. The Bertz CT molecular complexity index is 865. The van der Waals surface area contributed by atoms with Gasteiger partial charge in [-0.15, -0.1) is 0 Å². The van der Waals surface area contributed by atoms with Gasteiger partial charge in [-0.05, 0) is 61.4 Å². The first kappa shape index (κ1) is 18.9. The molecule has 2 rings (SSSR count). The highest BCUT2D eigenvalue weighted by molar-refractivity contribution is 7.92. The van der Waals surface area contributed by atoms with Gasteiger partial charge in [-0.1, -0.05) is 6.07 Å². The SMILES string of the molecule is Cc1ccc(S(=O)(=O)CC(=O)Nc2ccc(OC(F)F)cc2)cc1C. The van der Waals surface area contributed by atoms with Gasteiger partial charge >= 0.3 is 6.61 Å². The number of sulfone groups is 1. The Kier molecular flexibility index (Phi) is 5.73. The van der Waals surface area contributed by atoms with Crippen LogP contribution in [0.15, 0.2) is 47.4 Å². The number of rotatable bonds is 6. The van der Waals surface area contributed by atoms with E-state index in [1.807, 2.05) is 6.92 Å². The molecule has 0 aliphatic heterocycles. The summed E-state index contributed by atoms with van der Waals surface area (Å²) in [6.07, 6.45) is 0. The molecule has 0 saturated heterocycles. The quantitative estimate of drug-likeness (QED) is 0.848. The first-order chi connectivity index (χ1) is 11.7. The Hall–Kier alpha value is -2.48. The minimum Gasteiger partial charge on any atom is -0.435 e. The zero-order valence-corrected chi connectivity index (χ0v) is 14.4. The minimum absolute atomic E-state index is 0.0595. The fraction of sp³-hybridized carbons (Fsp3) is 0.235. The number of benzene rings is 2. The summed E-state index contributed by atoms with van der Waals surface area (Å²) >= 11 is 0. The Labute approximate surface area is 144 Å². The summed E-state index contributed by atoms with van der Waals surface area (Å²) in [5.41, 5.74) is 2.05. The van der Waals surface area contributed by atoms with Gasteiger partial charge in [-0.25, -0.2) is 8.42 Å². The van der Waals surface area contributed by atoms with E-state index in [9.17, 15) is 22.0 Å². The van der Waals surface area contributed by atoms with E-state index in [1.165, 1.54) is 36.4 Å². The second-order valence-electron chi connectivity index (χ2n) is 5.46. The molecule has 1 N–H and O–H groups in total. The number of hydrogen-bond donors (Lipinski definition) is 1. The molecule has 0 bridgehead atoms. The van der Waals surface area contributed by atoms with Crippen molar-refractivity contribution >= 4 is 21.4 Å². The third-order valence-corrected chi connectivity index (χ3v) is 5.14. The lowest BCUT2D eigenvalue weighted by Gasteiger charge is -2.09. The van der Waals surface area contributed by atoms with Gasteiger partial charge < -0.3 is 10.1 Å². The normalized spacial score (nSPS) is 11.4. The molecular weight excluding hydrogens is 352 g/mol. The smallest absolute Gasteiger partial charge is 0.387 e. The molecule has 2 aromatic carbocycles. The highest BCUT2D eigenvalue weighted by Gasteiger charge is 2.20. The van der Waals surface area contributed by atoms with Crippen LogP contribution in [-0.4, -0.2) is 26.7 Å². The number of carbonyl (C=O) groups is 1. The molecular formula is C17H17F2NO4S. The van der Waals surface area contributed by atoms with E-state index in [0.717, 1.165) is 11.1 Å². The van der Waals surface area contributed by atoms with Crippen molar-refractivity contribution in [2.75, 3.05) is 11.1 Å². The maximum atomic E-state index is 12.3. The number of carbonyl (C=O) groups excluding carboxylic acids is 1. The highest BCUT2D eigenvalue weighted by Crippen LogP contribution is 2.19. The molecule has 0 heterocycles. The van der Waals surface area contributed by atoms with Crippen LogP contribution in [0.5, 0.6) is 5.75 Å². The molecule has 0 saturated carbocycles. The van der Waals surface area contributed by atoms with Gasteiger partial charge in [0.25, 0.3) is 0 Å². The van der Waals surface area contributed by atoms with E-state index < -0.39 is 28.1 Å². The average molecular weight is 369 g/mol. The Balaban J connectivity index is 2.04. The van der Waals surface area contributed by atoms with Crippen molar-refractivity contribution in [1.29, 1.82) is 0 Å². The molecule has 25 heavy (non-hydrogen) atoms. The summed E-state index contributed by atoms with van der Waals surface area (Å²) in [7, 11) is -3.78. The van der Waals surface area contributed by atoms with Gasteiger partial charge in [-0.2, -0.15) is 8.78 Å². The van der Waals surface area contributed by atoms with Crippen molar-refractivity contribution in [3.05, 3.63) is 53.6 Å². The average Bonchev–Trinajstić information content (AvgIpc) is 2.50. The van der Waals surface area contributed by atoms with E-state index in [0.29, 0.717) is 0 Å². The molecule has 134 valence electrons. The highest BCUT2D eigenvalue weighted by atomic mass is 32.2. The predicted molar refractivity (Wildman–Crippen MR) is 89.7 cm³/mol. The summed E-state index contributed by atoms with van der Waals surface area (Å²) in [5.74, 6) is -1.50. The topological polar surface area (TPSA) is 72.5 Å². The number of hydrogen-bond acceptors (Lipinski definition) is 4. The van der Waals surface area contributed by atoms with Crippen LogP contribution in [0.4, 0.5) is 14.5 Å². The second kappa shape index (κ2) is 7.60. The molecule has 0 aliphatic carbocycles. The monoisotopic (exact) mass is 369 g/mol. The van der Waals surface area contributed by atoms with E-state index in [2.05, 4.69) is 10.1 Å². The molecule has 1 amide bonds. The third-order valence-electron chi connectivity index (χ3n) is 3.52. The predicted octanol–water partition coefficient (Wildman–Crippen LogP) is 3.32. The molecule has 0 atom stereocenters. The fourth-order valence-electron chi connectivity index (χ4n) is 2.08. The fourth-order valence-corrected chi connectivity index (χ4v) is 3.30. The van der Waals surface area contributed by atoms with Gasteiger partial charge in [0.2, 0.25) is 5.91 Å². The standard InChI is InChI=1S/C17H17F2NO4S/c1-11-3-8-15(9-12(11)2)25(22,23)10-16(21)20-13-4-6-14(7-5-13)24-17(18)19/h3-9,17H,10H2,1-2H3,(H,20,21). The van der Waals surface area contributed by atoms with E-state index >= 15 is 0 Å². The molecule has 0 spiro atoms. The number of anilines is 1. The Morgan fingerprint density at radius 2 is 1.72 bits per heavy atom. The number of nitrogens with one attached hydrogen (secondary N) is 1. The lowest BCUT2D eigenvalue weighted by Crippen LogP contribution is -2.23. The molecule has 2 aromatic rings. The zero-order valence-electron chi connectivity index (χ0n) is 13.6. The van der Waals surface area contributed by atoms with Crippen LogP contribution >= 0.6 is 0 Å². The van der Waals surface area contributed by atoms with E-state index in [1.54, 1.807) is 13.0 Å². The van der Waals surface area contributed by atoms with Gasteiger partial charge in [-0.3, -0.25) is 4.79 Å². The van der Waals surface area contributed by atoms with Crippen molar-refractivity contribution < 1.29 is 26.7 Å². The molecule has 0 aromatic heterocycles. The second-order valence-corrected chi connectivity index (χ2v) is 7.45. The van der Waals surface area contributed by atoms with Crippen molar-refractivity contribution in [2.45, 2.75) is 25.4 Å². The van der Waals surface area contributed by atoms with Crippen LogP contribution in [0.1, 0.15) is 11.1 Å². The largest absolute Gasteiger partial charge is 0.435 e. The van der Waals surface area contributed by atoms with E-state index in [-0.39, 0.29) is 16.3 Å². The zero-order chi connectivity index (χ0) is 18.6. The Morgan fingerprint density at radius 3 is 2.28 bits per heavy atom. The van der Waals surface area contributed by atoms with Gasteiger partial charge in [0, 0.05) is 5.69 Å². The van der Waals surface area contributed by atoms with Gasteiger partial charge in [0.15, 0.2) is 9.84 Å². The number of amides is 1. The van der Waals surface area contributed by atoms with Crippen LogP contribution in [0, 0.1) is 13.8 Å². The Morgan fingerprint density at radius 1 is 1.08 bits per heavy atom.